The van der Waals surface area contributed by atoms with Gasteiger partial charge in [0.05, 0.1) is 0 Å². The second-order valence-electron chi connectivity index (χ2n) is 17.5. The summed E-state index contributed by atoms with van der Waals surface area (Å²) in [6.07, 6.45) is 0. The van der Waals surface area contributed by atoms with E-state index in [2.05, 4.69) is 227 Å². The summed E-state index contributed by atoms with van der Waals surface area (Å²) in [6, 6.07) is 78.0. The third kappa shape index (κ3) is 7.02. The molecule has 0 amide bonds. The highest BCUT2D eigenvalue weighted by atomic mass is 15.0. The van der Waals surface area contributed by atoms with Crippen LogP contribution in [0.3, 0.4) is 0 Å². The Morgan fingerprint density at radius 1 is 0.250 bits per heavy atom. The maximum atomic E-state index is 5.35. The first kappa shape index (κ1) is 38.9. The highest BCUT2D eigenvalue weighted by Crippen LogP contribution is 2.47. The van der Waals surface area contributed by atoms with Gasteiger partial charge in [-0.1, -0.05) is 233 Å². The molecule has 3 heteroatoms. The molecule has 304 valence electrons. The number of aromatic nitrogens is 3. The highest BCUT2D eigenvalue weighted by Gasteiger charge is 2.22. The van der Waals surface area contributed by atoms with Crippen LogP contribution in [0.2, 0.25) is 0 Å². The molecule has 11 aromatic rings. The van der Waals surface area contributed by atoms with Crippen molar-refractivity contribution in [2.24, 2.45) is 0 Å². The molecule has 0 saturated carbocycles. The minimum absolute atomic E-state index is 0.0744. The Hall–Kier alpha value is -8.01. The van der Waals surface area contributed by atoms with E-state index in [1.165, 1.54) is 54.9 Å². The average molecular weight is 820 g/mol. The van der Waals surface area contributed by atoms with Gasteiger partial charge < -0.3 is 0 Å². The SMILES string of the molecule is CC(C)(C)c1ccc(-c2c3ccccc3c(-c3ccc(-c4nc(-c5ccc(-c6ccccc6)cc5)nc(-c5ccccc5-c5ccccc5)n4)c4ccccc34)c3ccccc23)cc1. The number of rotatable bonds is 7. The molecule has 0 saturated heterocycles. The molecule has 0 unspecified atom stereocenters. The van der Waals surface area contributed by atoms with Crippen LogP contribution in [0.15, 0.2) is 218 Å². The van der Waals surface area contributed by atoms with Crippen molar-refractivity contribution in [3.63, 3.8) is 0 Å². The Labute approximate surface area is 374 Å². The van der Waals surface area contributed by atoms with Crippen molar-refractivity contribution in [1.82, 2.24) is 15.0 Å². The standard InChI is InChI=1S/C61H45N3/c1-61(2,3)45-36-34-43(35-37-45)56-49-25-13-15-27-51(49)57(52-28-16-14-26-50(52)56)53-38-39-55(48-24-12-11-23-47(48)53)60-63-58(44-32-30-41(31-33-44)40-18-6-4-7-19-40)62-59(64-60)54-29-17-10-22-46(54)42-20-8-5-9-21-42/h4-39H,1-3H3. The van der Waals surface area contributed by atoms with E-state index in [0.29, 0.717) is 17.5 Å². The summed E-state index contributed by atoms with van der Waals surface area (Å²) in [6.45, 7) is 6.81. The lowest BCUT2D eigenvalue weighted by molar-refractivity contribution is 0.590. The average Bonchev–Trinajstić information content (AvgIpc) is 3.35. The van der Waals surface area contributed by atoms with Crippen LogP contribution in [-0.2, 0) is 5.41 Å². The molecule has 0 aliphatic rings. The molecule has 0 fully saturated rings. The van der Waals surface area contributed by atoms with Crippen LogP contribution in [0.4, 0.5) is 0 Å². The maximum Gasteiger partial charge on any atom is 0.164 e. The van der Waals surface area contributed by atoms with Gasteiger partial charge in [0.15, 0.2) is 17.5 Å². The first-order valence-electron chi connectivity index (χ1n) is 22.0. The number of hydrogen-bond acceptors (Lipinski definition) is 3. The minimum atomic E-state index is 0.0744. The van der Waals surface area contributed by atoms with Crippen molar-refractivity contribution in [2.45, 2.75) is 26.2 Å². The number of hydrogen-bond donors (Lipinski definition) is 0. The smallest absolute Gasteiger partial charge is 0.164 e. The van der Waals surface area contributed by atoms with Crippen molar-refractivity contribution in [1.29, 1.82) is 0 Å². The van der Waals surface area contributed by atoms with Gasteiger partial charge in [-0.15, -0.1) is 0 Å². The Morgan fingerprint density at radius 3 is 1.22 bits per heavy atom. The number of benzene rings is 10. The van der Waals surface area contributed by atoms with Gasteiger partial charge in [0.1, 0.15) is 0 Å². The van der Waals surface area contributed by atoms with Crippen molar-refractivity contribution < 1.29 is 0 Å². The van der Waals surface area contributed by atoms with Gasteiger partial charge in [0, 0.05) is 16.7 Å². The second kappa shape index (κ2) is 16.0. The first-order chi connectivity index (χ1) is 31.4. The molecule has 0 aliphatic heterocycles. The molecular formula is C61H45N3. The van der Waals surface area contributed by atoms with Gasteiger partial charge in [-0.05, 0) is 93.9 Å². The molecule has 0 spiro atoms. The van der Waals surface area contributed by atoms with Crippen LogP contribution >= 0.6 is 0 Å². The molecule has 1 heterocycles. The van der Waals surface area contributed by atoms with E-state index < -0.39 is 0 Å². The first-order valence-corrected chi connectivity index (χ1v) is 22.0. The fraction of sp³-hybridized carbons (Fsp3) is 0.0656. The van der Waals surface area contributed by atoms with E-state index in [-0.39, 0.29) is 5.41 Å². The van der Waals surface area contributed by atoms with Crippen LogP contribution in [-0.4, -0.2) is 15.0 Å². The normalized spacial score (nSPS) is 11.7. The van der Waals surface area contributed by atoms with Gasteiger partial charge in [-0.2, -0.15) is 0 Å². The molecule has 10 aromatic carbocycles. The summed E-state index contributed by atoms with van der Waals surface area (Å²) in [4.78, 5) is 15.9. The van der Waals surface area contributed by atoms with E-state index in [1.807, 2.05) is 12.1 Å². The zero-order valence-electron chi connectivity index (χ0n) is 36.1. The zero-order chi connectivity index (χ0) is 43.2. The fourth-order valence-electron chi connectivity index (χ4n) is 9.31. The van der Waals surface area contributed by atoms with Crippen molar-refractivity contribution >= 4 is 32.3 Å². The summed E-state index contributed by atoms with van der Waals surface area (Å²) in [5.41, 5.74) is 13.6. The van der Waals surface area contributed by atoms with Crippen molar-refractivity contribution in [3.05, 3.63) is 224 Å². The van der Waals surface area contributed by atoms with Gasteiger partial charge in [-0.25, -0.2) is 15.0 Å². The van der Waals surface area contributed by atoms with E-state index >= 15 is 0 Å². The van der Waals surface area contributed by atoms with E-state index in [4.69, 9.17) is 15.0 Å². The molecule has 1 aromatic heterocycles. The summed E-state index contributed by atoms with van der Waals surface area (Å²) in [5, 5.41) is 7.11. The molecular weight excluding hydrogens is 775 g/mol. The Kier molecular flexibility index (Phi) is 9.74. The predicted molar refractivity (Wildman–Crippen MR) is 269 cm³/mol. The van der Waals surface area contributed by atoms with E-state index in [0.717, 1.165) is 44.2 Å². The third-order valence-corrected chi connectivity index (χ3v) is 12.5. The van der Waals surface area contributed by atoms with Gasteiger partial charge >= 0.3 is 0 Å². The molecule has 0 bridgehead atoms. The van der Waals surface area contributed by atoms with Gasteiger partial charge in [-0.3, -0.25) is 0 Å². The monoisotopic (exact) mass is 819 g/mol. The minimum Gasteiger partial charge on any atom is -0.208 e. The Bertz CT molecular complexity index is 3440. The Morgan fingerprint density at radius 2 is 0.641 bits per heavy atom. The molecule has 0 radical (unpaired) electrons. The van der Waals surface area contributed by atoms with Crippen LogP contribution in [0.25, 0.3) is 111 Å². The highest BCUT2D eigenvalue weighted by molar-refractivity contribution is 6.24. The largest absolute Gasteiger partial charge is 0.208 e. The lowest BCUT2D eigenvalue weighted by Crippen LogP contribution is -2.10. The van der Waals surface area contributed by atoms with Crippen LogP contribution in [0, 0.1) is 0 Å². The second-order valence-corrected chi connectivity index (χ2v) is 17.5. The maximum absolute atomic E-state index is 5.35. The van der Waals surface area contributed by atoms with Crippen molar-refractivity contribution in [2.75, 3.05) is 0 Å². The quantitative estimate of drug-likeness (QED) is 0.150. The third-order valence-electron chi connectivity index (χ3n) is 12.5. The van der Waals surface area contributed by atoms with Crippen molar-refractivity contribution in [3.8, 4) is 78.7 Å². The number of fused-ring (bicyclic) bond motifs is 3. The molecule has 0 N–H and O–H groups in total. The summed E-state index contributed by atoms with van der Waals surface area (Å²) >= 11 is 0. The summed E-state index contributed by atoms with van der Waals surface area (Å²) < 4.78 is 0. The topological polar surface area (TPSA) is 38.7 Å². The van der Waals surface area contributed by atoms with Gasteiger partial charge in [0.25, 0.3) is 0 Å². The summed E-state index contributed by atoms with van der Waals surface area (Å²) in [7, 11) is 0. The lowest BCUT2D eigenvalue weighted by Gasteiger charge is -2.21. The molecule has 0 aliphatic carbocycles. The molecule has 64 heavy (non-hydrogen) atoms. The Balaban J connectivity index is 1.12. The zero-order valence-corrected chi connectivity index (χ0v) is 36.1. The van der Waals surface area contributed by atoms with E-state index in [9.17, 15) is 0 Å². The fourth-order valence-corrected chi connectivity index (χ4v) is 9.31. The lowest BCUT2D eigenvalue weighted by atomic mass is 9.83. The molecule has 3 nitrogen and oxygen atoms in total. The molecule has 0 atom stereocenters. The summed E-state index contributed by atoms with van der Waals surface area (Å²) in [5.74, 6) is 1.88. The van der Waals surface area contributed by atoms with E-state index in [1.54, 1.807) is 0 Å². The van der Waals surface area contributed by atoms with Crippen LogP contribution in [0.1, 0.15) is 26.3 Å². The predicted octanol–water partition coefficient (Wildman–Crippen LogP) is 16.3. The van der Waals surface area contributed by atoms with Crippen LogP contribution in [0.5, 0.6) is 0 Å². The number of nitrogens with zero attached hydrogens (tertiary/aromatic N) is 3. The van der Waals surface area contributed by atoms with Gasteiger partial charge in [0.2, 0.25) is 0 Å². The van der Waals surface area contributed by atoms with Crippen LogP contribution < -0.4 is 0 Å². The molecule has 11 rings (SSSR count).